The van der Waals surface area contributed by atoms with Crippen LogP contribution in [0.2, 0.25) is 0 Å². The Balaban J connectivity index is 2.10. The molecule has 4 nitrogen and oxygen atoms in total. The summed E-state index contributed by atoms with van der Waals surface area (Å²) in [6, 6.07) is 5.63. The molecule has 1 aliphatic heterocycles. The molecule has 1 aliphatic rings. The molecular weight excluding hydrogens is 334 g/mol. The molecule has 1 aromatic carbocycles. The molecule has 0 aromatic heterocycles. The number of rotatable bonds is 3. The van der Waals surface area contributed by atoms with Gasteiger partial charge in [-0.3, -0.25) is 4.79 Å². The van der Waals surface area contributed by atoms with Gasteiger partial charge in [0.05, 0.1) is 12.7 Å². The molecule has 0 spiro atoms. The van der Waals surface area contributed by atoms with Crippen LogP contribution in [0.5, 0.6) is 5.75 Å². The largest absolute Gasteiger partial charge is 0.496 e. The second-order valence-electron chi connectivity index (χ2n) is 5.58. The van der Waals surface area contributed by atoms with Gasteiger partial charge >= 0.3 is 0 Å². The zero-order valence-corrected chi connectivity index (χ0v) is 13.9. The van der Waals surface area contributed by atoms with Crippen LogP contribution in [0, 0.1) is 0 Å². The molecular formula is C16H20BrNO3. The Labute approximate surface area is 133 Å². The maximum atomic E-state index is 12.2. The Morgan fingerprint density at radius 3 is 2.95 bits per heavy atom. The van der Waals surface area contributed by atoms with Crippen LogP contribution in [-0.2, 0) is 4.79 Å². The number of hydrogen-bond donors (Lipinski definition) is 1. The number of carbonyl (C=O) groups excluding carboxylic acids is 1. The highest BCUT2D eigenvalue weighted by molar-refractivity contribution is 9.10. The zero-order chi connectivity index (χ0) is 15.5. The summed E-state index contributed by atoms with van der Waals surface area (Å²) in [6.45, 7) is 2.84. The number of ether oxygens (including phenoxy) is 1. The molecule has 0 radical (unpaired) electrons. The third-order valence-corrected chi connectivity index (χ3v) is 4.08. The van der Waals surface area contributed by atoms with Crippen LogP contribution in [0.4, 0.5) is 0 Å². The van der Waals surface area contributed by atoms with Crippen LogP contribution in [-0.4, -0.2) is 41.7 Å². The molecule has 21 heavy (non-hydrogen) atoms. The first-order chi connectivity index (χ1) is 9.91. The summed E-state index contributed by atoms with van der Waals surface area (Å²) in [7, 11) is 1.60. The van der Waals surface area contributed by atoms with Crippen LogP contribution in [0.25, 0.3) is 6.08 Å². The first-order valence-corrected chi connectivity index (χ1v) is 7.73. The van der Waals surface area contributed by atoms with Crippen LogP contribution in [0.15, 0.2) is 28.7 Å². The number of piperidine rings is 1. The van der Waals surface area contributed by atoms with Gasteiger partial charge in [-0.2, -0.15) is 0 Å². The molecule has 1 fully saturated rings. The van der Waals surface area contributed by atoms with Crippen molar-refractivity contribution in [2.45, 2.75) is 25.4 Å². The number of β-amino-alcohol motifs (C(OH)–C–C–N with tert-alkyl or cyclic N) is 1. The second-order valence-corrected chi connectivity index (χ2v) is 6.50. The fourth-order valence-electron chi connectivity index (χ4n) is 2.51. The van der Waals surface area contributed by atoms with E-state index in [1.165, 1.54) is 6.08 Å². The van der Waals surface area contributed by atoms with E-state index in [2.05, 4.69) is 15.9 Å². The molecule has 1 atom stereocenters. The molecule has 1 saturated heterocycles. The molecule has 1 aromatic rings. The summed E-state index contributed by atoms with van der Waals surface area (Å²) in [6.07, 6.45) is 4.84. The monoisotopic (exact) mass is 353 g/mol. The number of aliphatic hydroxyl groups is 1. The number of amides is 1. The summed E-state index contributed by atoms with van der Waals surface area (Å²) in [4.78, 5) is 13.9. The van der Waals surface area contributed by atoms with Crippen molar-refractivity contribution in [3.63, 3.8) is 0 Å². The van der Waals surface area contributed by atoms with Gasteiger partial charge in [0.15, 0.2) is 0 Å². The number of benzene rings is 1. The Morgan fingerprint density at radius 1 is 1.52 bits per heavy atom. The van der Waals surface area contributed by atoms with Gasteiger partial charge < -0.3 is 14.7 Å². The van der Waals surface area contributed by atoms with Crippen molar-refractivity contribution in [1.82, 2.24) is 4.90 Å². The number of methoxy groups -OCH3 is 1. The third-order valence-electron chi connectivity index (χ3n) is 3.58. The van der Waals surface area contributed by atoms with E-state index in [4.69, 9.17) is 4.74 Å². The smallest absolute Gasteiger partial charge is 0.246 e. The van der Waals surface area contributed by atoms with Crippen LogP contribution in [0.3, 0.4) is 0 Å². The molecule has 0 saturated carbocycles. The van der Waals surface area contributed by atoms with Crippen molar-refractivity contribution in [1.29, 1.82) is 0 Å². The van der Waals surface area contributed by atoms with E-state index in [9.17, 15) is 9.90 Å². The number of likely N-dealkylation sites (tertiary alicyclic amines) is 1. The molecule has 1 amide bonds. The summed E-state index contributed by atoms with van der Waals surface area (Å²) < 4.78 is 6.20. The fourth-order valence-corrected chi connectivity index (χ4v) is 2.89. The van der Waals surface area contributed by atoms with E-state index < -0.39 is 5.60 Å². The van der Waals surface area contributed by atoms with E-state index in [1.807, 2.05) is 18.2 Å². The number of halogens is 1. The molecule has 0 bridgehead atoms. The standard InChI is InChI=1S/C16H20BrNO3/c1-16(20)8-3-9-18(11-16)15(19)7-4-12-10-13(17)5-6-14(12)21-2/h4-7,10,20H,3,8-9,11H2,1-2H3/b7-4+. The van der Waals surface area contributed by atoms with Gasteiger partial charge in [-0.25, -0.2) is 0 Å². The minimum atomic E-state index is -0.783. The van der Waals surface area contributed by atoms with Crippen LogP contribution >= 0.6 is 15.9 Å². The number of hydrogen-bond acceptors (Lipinski definition) is 3. The molecule has 114 valence electrons. The topological polar surface area (TPSA) is 49.8 Å². The van der Waals surface area contributed by atoms with E-state index in [-0.39, 0.29) is 5.91 Å². The predicted molar refractivity (Wildman–Crippen MR) is 86.2 cm³/mol. The van der Waals surface area contributed by atoms with E-state index in [1.54, 1.807) is 25.0 Å². The van der Waals surface area contributed by atoms with Gasteiger partial charge in [-0.05, 0) is 44.0 Å². The van der Waals surface area contributed by atoms with Crippen molar-refractivity contribution in [3.05, 3.63) is 34.3 Å². The molecule has 0 aliphatic carbocycles. The van der Waals surface area contributed by atoms with Gasteiger partial charge in [0.1, 0.15) is 5.75 Å². The van der Waals surface area contributed by atoms with E-state index in [0.717, 1.165) is 22.9 Å². The Hall–Kier alpha value is -1.33. The van der Waals surface area contributed by atoms with Crippen molar-refractivity contribution >= 4 is 27.9 Å². The first kappa shape index (κ1) is 16.0. The average molecular weight is 354 g/mol. The lowest BCUT2D eigenvalue weighted by Crippen LogP contribution is -2.48. The van der Waals surface area contributed by atoms with Gasteiger partial charge in [0, 0.05) is 29.2 Å². The Kier molecular flexibility index (Phi) is 5.06. The molecule has 1 unspecified atom stereocenters. The molecule has 2 rings (SSSR count). The normalized spacial score (nSPS) is 22.6. The lowest BCUT2D eigenvalue weighted by atomic mass is 9.95. The minimum Gasteiger partial charge on any atom is -0.496 e. The van der Waals surface area contributed by atoms with Gasteiger partial charge in [-0.15, -0.1) is 0 Å². The second kappa shape index (κ2) is 6.62. The van der Waals surface area contributed by atoms with Gasteiger partial charge in [0.25, 0.3) is 0 Å². The van der Waals surface area contributed by atoms with Crippen LogP contribution < -0.4 is 4.74 Å². The van der Waals surface area contributed by atoms with Crippen molar-refractivity contribution < 1.29 is 14.6 Å². The van der Waals surface area contributed by atoms with Crippen LogP contribution in [0.1, 0.15) is 25.3 Å². The molecule has 1 N–H and O–H groups in total. The number of carbonyl (C=O) groups is 1. The highest BCUT2D eigenvalue weighted by atomic mass is 79.9. The van der Waals surface area contributed by atoms with Crippen molar-refractivity contribution in [2.75, 3.05) is 20.2 Å². The lowest BCUT2D eigenvalue weighted by Gasteiger charge is -2.36. The Morgan fingerprint density at radius 2 is 2.29 bits per heavy atom. The minimum absolute atomic E-state index is 0.0861. The first-order valence-electron chi connectivity index (χ1n) is 6.94. The zero-order valence-electron chi connectivity index (χ0n) is 12.3. The lowest BCUT2D eigenvalue weighted by molar-refractivity contribution is -0.132. The predicted octanol–water partition coefficient (Wildman–Crippen LogP) is 2.84. The SMILES string of the molecule is COc1ccc(Br)cc1/C=C/C(=O)N1CCCC(C)(O)C1. The quantitative estimate of drug-likeness (QED) is 0.850. The summed E-state index contributed by atoms with van der Waals surface area (Å²) in [5.41, 5.74) is 0.0545. The highest BCUT2D eigenvalue weighted by Crippen LogP contribution is 2.25. The molecule has 5 heteroatoms. The number of nitrogens with zero attached hydrogens (tertiary/aromatic N) is 1. The summed E-state index contributed by atoms with van der Waals surface area (Å²) in [5.74, 6) is 0.630. The van der Waals surface area contributed by atoms with E-state index in [0.29, 0.717) is 18.8 Å². The van der Waals surface area contributed by atoms with Crippen molar-refractivity contribution in [3.8, 4) is 5.75 Å². The third kappa shape index (κ3) is 4.32. The van der Waals surface area contributed by atoms with Gasteiger partial charge in [0.2, 0.25) is 5.91 Å². The van der Waals surface area contributed by atoms with Gasteiger partial charge in [-0.1, -0.05) is 15.9 Å². The molecule has 1 heterocycles. The summed E-state index contributed by atoms with van der Waals surface area (Å²) in [5, 5.41) is 10.1. The highest BCUT2D eigenvalue weighted by Gasteiger charge is 2.29. The Bertz CT molecular complexity index is 554. The average Bonchev–Trinajstić information content (AvgIpc) is 2.43. The maximum absolute atomic E-state index is 12.2. The van der Waals surface area contributed by atoms with E-state index >= 15 is 0 Å². The summed E-state index contributed by atoms with van der Waals surface area (Å²) >= 11 is 3.41. The van der Waals surface area contributed by atoms with Crippen molar-refractivity contribution in [2.24, 2.45) is 0 Å². The fraction of sp³-hybridized carbons (Fsp3) is 0.438. The maximum Gasteiger partial charge on any atom is 0.246 e.